The number of nitrogens with zero attached hydrogens (tertiary/aromatic N) is 1. The highest BCUT2D eigenvalue weighted by molar-refractivity contribution is 7.93. The summed E-state index contributed by atoms with van der Waals surface area (Å²) < 4.78 is 28.7. The maximum Gasteiger partial charge on any atom is 0.324 e. The van der Waals surface area contributed by atoms with Crippen molar-refractivity contribution in [3.8, 4) is 0 Å². The highest BCUT2D eigenvalue weighted by atomic mass is 32.2. The Morgan fingerprint density at radius 3 is 2.37 bits per heavy atom. The van der Waals surface area contributed by atoms with Gasteiger partial charge in [0.05, 0.1) is 10.6 Å². The Kier molecular flexibility index (Phi) is 7.34. The molecule has 1 heterocycles. The average Bonchev–Trinajstić information content (AvgIpc) is 3.29. The van der Waals surface area contributed by atoms with Crippen LogP contribution in [0.5, 0.6) is 0 Å². The molecule has 10 heteroatoms. The number of benzene rings is 4. The van der Waals surface area contributed by atoms with E-state index in [1.165, 1.54) is 12.1 Å². The molecule has 4 aromatic carbocycles. The zero-order chi connectivity index (χ0) is 29.3. The lowest BCUT2D eigenvalue weighted by Crippen LogP contribution is -2.35. The van der Waals surface area contributed by atoms with Crippen molar-refractivity contribution in [2.45, 2.75) is 24.7 Å². The number of rotatable bonds is 10. The summed E-state index contributed by atoms with van der Waals surface area (Å²) in [4.78, 5) is 28.5. The van der Waals surface area contributed by atoms with Gasteiger partial charge in [0.2, 0.25) is 0 Å². The van der Waals surface area contributed by atoms with Gasteiger partial charge in [0.1, 0.15) is 12.4 Å². The molecule has 0 saturated carbocycles. The van der Waals surface area contributed by atoms with Crippen LogP contribution in [-0.4, -0.2) is 42.6 Å². The van der Waals surface area contributed by atoms with Crippen LogP contribution in [0.2, 0.25) is 0 Å². The van der Waals surface area contributed by atoms with Crippen LogP contribution >= 0.6 is 0 Å². The van der Waals surface area contributed by atoms with Gasteiger partial charge in [0.15, 0.2) is 5.78 Å². The summed E-state index contributed by atoms with van der Waals surface area (Å²) in [5.74, 6) is -1.48. The minimum Gasteiger partial charge on any atom is -0.480 e. The summed E-state index contributed by atoms with van der Waals surface area (Å²) >= 11 is 0. The van der Waals surface area contributed by atoms with Crippen LogP contribution in [0.3, 0.4) is 0 Å². The number of carboxylic acid groups (broad SMARTS) is 1. The smallest absolute Gasteiger partial charge is 0.324 e. The Morgan fingerprint density at radius 2 is 1.66 bits per heavy atom. The van der Waals surface area contributed by atoms with E-state index in [4.69, 9.17) is 11.1 Å². The predicted molar refractivity (Wildman–Crippen MR) is 159 cm³/mol. The van der Waals surface area contributed by atoms with Gasteiger partial charge in [-0.3, -0.25) is 19.3 Å². The monoisotopic (exact) mass is 568 g/mol. The van der Waals surface area contributed by atoms with E-state index in [0.717, 1.165) is 9.87 Å². The number of carbonyl (C=O) groups excluding carboxylic acids is 1. The van der Waals surface area contributed by atoms with Gasteiger partial charge in [0, 0.05) is 39.5 Å². The molecule has 0 spiro atoms. The second kappa shape index (κ2) is 10.9. The number of aryl methyl sites for hydroxylation is 2. The van der Waals surface area contributed by atoms with E-state index in [1.54, 1.807) is 67.6 Å². The number of Topliss-reactive ketones (excluding diaryl/α,β-unsaturated/α-hetero) is 1. The Balaban J connectivity index is 1.52. The van der Waals surface area contributed by atoms with Crippen molar-refractivity contribution < 1.29 is 23.1 Å². The number of sulfonamides is 1. The van der Waals surface area contributed by atoms with E-state index in [9.17, 15) is 23.1 Å². The molecule has 0 aliphatic rings. The first-order valence-electron chi connectivity index (χ1n) is 12.9. The molecule has 0 fully saturated rings. The molecule has 5 aromatic rings. The third kappa shape index (κ3) is 5.42. The third-order valence-electron chi connectivity index (χ3n) is 7.04. The van der Waals surface area contributed by atoms with Crippen molar-refractivity contribution >= 4 is 55.0 Å². The Bertz CT molecular complexity index is 1920. The summed E-state index contributed by atoms with van der Waals surface area (Å²) in [6, 6.07) is 23.8. The van der Waals surface area contributed by atoms with Gasteiger partial charge in [0.25, 0.3) is 10.0 Å². The molecule has 0 aliphatic carbocycles. The first-order chi connectivity index (χ1) is 19.6. The van der Waals surface area contributed by atoms with Gasteiger partial charge in [-0.05, 0) is 48.6 Å². The fourth-order valence-corrected chi connectivity index (χ4v) is 6.66. The maximum absolute atomic E-state index is 13.9. The van der Waals surface area contributed by atoms with Crippen molar-refractivity contribution in [3.05, 3.63) is 107 Å². The highest BCUT2D eigenvalue weighted by Crippen LogP contribution is 2.33. The summed E-state index contributed by atoms with van der Waals surface area (Å²) in [6.45, 7) is 0.983. The molecule has 41 heavy (non-hydrogen) atoms. The minimum atomic E-state index is -4.29. The molecule has 0 saturated heterocycles. The number of aromatic nitrogens is 1. The van der Waals surface area contributed by atoms with E-state index in [-0.39, 0.29) is 28.6 Å². The van der Waals surface area contributed by atoms with E-state index in [1.807, 2.05) is 12.1 Å². The molecule has 5 rings (SSSR count). The van der Waals surface area contributed by atoms with Gasteiger partial charge < -0.3 is 15.8 Å². The molecule has 0 atom stereocenters. The van der Waals surface area contributed by atoms with Gasteiger partial charge in [-0.15, -0.1) is 0 Å². The van der Waals surface area contributed by atoms with E-state index in [0.29, 0.717) is 44.9 Å². The largest absolute Gasteiger partial charge is 0.480 e. The molecule has 1 aromatic heterocycles. The topological polar surface area (TPSA) is 157 Å². The number of nitrogens with two attached hydrogens (primary N) is 1. The number of fused-ring (bicyclic) bond motifs is 2. The standard InChI is InChI=1S/C31H28N4O5S/c1-19-30(27(36)16-11-20-9-12-22(13-10-20)31(32)33)25-17-23(14-15-26(25)34-19)35(18-29(37)38)41(39,40)28-8-4-6-21-5-2-3-7-24(21)28/h2-10,12-15,17,34H,11,16,18H2,1H3,(H3,32,33)(H,37,38). The average molecular weight is 569 g/mol. The summed E-state index contributed by atoms with van der Waals surface area (Å²) in [5.41, 5.74) is 8.87. The van der Waals surface area contributed by atoms with Gasteiger partial charge in [-0.2, -0.15) is 0 Å². The van der Waals surface area contributed by atoms with Crippen LogP contribution in [0.25, 0.3) is 21.7 Å². The molecule has 0 radical (unpaired) electrons. The molecule has 9 nitrogen and oxygen atoms in total. The summed E-state index contributed by atoms with van der Waals surface area (Å²) in [5, 5.41) is 18.9. The van der Waals surface area contributed by atoms with Gasteiger partial charge in [-0.1, -0.05) is 60.7 Å². The number of H-pyrrole nitrogens is 1. The van der Waals surface area contributed by atoms with Crippen molar-refractivity contribution in [1.82, 2.24) is 4.98 Å². The fraction of sp³-hybridized carbons (Fsp3) is 0.129. The van der Waals surface area contributed by atoms with Gasteiger partial charge >= 0.3 is 5.97 Å². The molecule has 0 bridgehead atoms. The van der Waals surface area contributed by atoms with Crippen molar-refractivity contribution in [2.75, 3.05) is 10.8 Å². The van der Waals surface area contributed by atoms with Crippen LogP contribution in [0.1, 0.15) is 33.6 Å². The number of nitrogens with one attached hydrogen (secondary N) is 2. The number of carbonyl (C=O) groups is 2. The molecule has 0 unspecified atom stereocenters. The van der Waals surface area contributed by atoms with Crippen molar-refractivity contribution in [2.24, 2.45) is 5.73 Å². The fourth-order valence-electron chi connectivity index (χ4n) is 5.04. The zero-order valence-corrected chi connectivity index (χ0v) is 23.0. The quantitative estimate of drug-likeness (QED) is 0.105. The van der Waals surface area contributed by atoms with Crippen LogP contribution in [0.4, 0.5) is 5.69 Å². The highest BCUT2D eigenvalue weighted by Gasteiger charge is 2.29. The number of nitrogen functional groups attached to an aromatic ring is 1. The number of aromatic amines is 1. The molecular formula is C31H28N4O5S. The normalized spacial score (nSPS) is 11.5. The second-order valence-corrected chi connectivity index (χ2v) is 11.6. The van der Waals surface area contributed by atoms with E-state index >= 15 is 0 Å². The number of hydrogen-bond donors (Lipinski definition) is 4. The van der Waals surface area contributed by atoms with E-state index in [2.05, 4.69) is 4.98 Å². The first-order valence-corrected chi connectivity index (χ1v) is 14.3. The third-order valence-corrected chi connectivity index (χ3v) is 8.87. The molecule has 5 N–H and O–H groups in total. The number of hydrogen-bond acceptors (Lipinski definition) is 5. The van der Waals surface area contributed by atoms with Crippen LogP contribution < -0.4 is 10.0 Å². The lowest BCUT2D eigenvalue weighted by molar-refractivity contribution is -0.135. The van der Waals surface area contributed by atoms with Gasteiger partial charge in [-0.25, -0.2) is 8.42 Å². The van der Waals surface area contributed by atoms with Crippen molar-refractivity contribution in [3.63, 3.8) is 0 Å². The maximum atomic E-state index is 13.9. The first kappa shape index (κ1) is 27.6. The van der Waals surface area contributed by atoms with Crippen LogP contribution in [0, 0.1) is 12.3 Å². The number of aliphatic carboxylic acids is 1. The summed E-state index contributed by atoms with van der Waals surface area (Å²) in [7, 11) is -4.29. The van der Waals surface area contributed by atoms with Crippen LogP contribution in [-0.2, 0) is 21.2 Å². The predicted octanol–water partition coefficient (Wildman–Crippen LogP) is 5.01. The van der Waals surface area contributed by atoms with Crippen LogP contribution in [0.15, 0.2) is 89.8 Å². The Morgan fingerprint density at radius 1 is 0.951 bits per heavy atom. The second-order valence-electron chi connectivity index (χ2n) is 9.77. The van der Waals surface area contributed by atoms with E-state index < -0.39 is 22.5 Å². The molecule has 0 amide bonds. The molecule has 208 valence electrons. The Labute approximate surface area is 236 Å². The molecular weight excluding hydrogens is 540 g/mol. The summed E-state index contributed by atoms with van der Waals surface area (Å²) in [6.07, 6.45) is 0.661. The zero-order valence-electron chi connectivity index (χ0n) is 22.2. The van der Waals surface area contributed by atoms with Crippen molar-refractivity contribution in [1.29, 1.82) is 5.41 Å². The number of ketones is 1. The lowest BCUT2D eigenvalue weighted by Gasteiger charge is -2.24. The lowest BCUT2D eigenvalue weighted by atomic mass is 9.99. The minimum absolute atomic E-state index is 0.00529. The SMILES string of the molecule is Cc1[nH]c2ccc(N(CC(=O)O)S(=O)(=O)c3cccc4ccccc34)cc2c1C(=O)CCc1ccc(C(=N)N)cc1. The molecule has 0 aliphatic heterocycles. The number of amidine groups is 1. The Hall–Kier alpha value is -4.96. The number of carboxylic acids is 1. The number of anilines is 1.